The molecule has 0 saturated carbocycles. The standard InChI is InChI=1S/C10H8N2O/c11-7-10-5-4-9(8-12-10)3-1-2-6-13/h1,3-6,8H,2H2. The van der Waals surface area contributed by atoms with E-state index in [0.717, 1.165) is 11.8 Å². The number of pyridine rings is 1. The van der Waals surface area contributed by atoms with Crippen molar-refractivity contribution in [2.24, 2.45) is 0 Å². The third kappa shape index (κ3) is 2.88. The van der Waals surface area contributed by atoms with Gasteiger partial charge in [-0.1, -0.05) is 18.2 Å². The fraction of sp³-hybridized carbons (Fsp3) is 0.100. The van der Waals surface area contributed by atoms with Crippen molar-refractivity contribution in [1.29, 1.82) is 5.26 Å². The molecule has 0 atom stereocenters. The zero-order chi connectivity index (χ0) is 9.52. The third-order valence-electron chi connectivity index (χ3n) is 1.44. The molecular formula is C10H8N2O. The predicted molar refractivity (Wildman–Crippen MR) is 48.7 cm³/mol. The molecule has 0 aliphatic carbocycles. The highest BCUT2D eigenvalue weighted by Crippen LogP contribution is 2.01. The molecule has 0 radical (unpaired) electrons. The van der Waals surface area contributed by atoms with Crippen LogP contribution in [-0.2, 0) is 4.79 Å². The molecule has 0 amide bonds. The van der Waals surface area contributed by atoms with Gasteiger partial charge in [0, 0.05) is 12.6 Å². The monoisotopic (exact) mass is 172 g/mol. The van der Waals surface area contributed by atoms with Crippen LogP contribution >= 0.6 is 0 Å². The van der Waals surface area contributed by atoms with E-state index in [1.54, 1.807) is 30.5 Å². The van der Waals surface area contributed by atoms with Crippen LogP contribution < -0.4 is 0 Å². The molecule has 3 nitrogen and oxygen atoms in total. The van der Waals surface area contributed by atoms with Crippen molar-refractivity contribution >= 4 is 12.4 Å². The Morgan fingerprint density at radius 2 is 2.38 bits per heavy atom. The van der Waals surface area contributed by atoms with E-state index in [1.165, 1.54) is 0 Å². The van der Waals surface area contributed by atoms with Gasteiger partial charge in [0.05, 0.1) is 0 Å². The number of hydrogen-bond acceptors (Lipinski definition) is 3. The van der Waals surface area contributed by atoms with E-state index in [2.05, 4.69) is 4.98 Å². The highest BCUT2D eigenvalue weighted by atomic mass is 16.1. The number of carbonyl (C=O) groups excluding carboxylic acids is 1. The van der Waals surface area contributed by atoms with E-state index in [-0.39, 0.29) is 0 Å². The minimum Gasteiger partial charge on any atom is -0.303 e. The lowest BCUT2D eigenvalue weighted by molar-refractivity contribution is -0.107. The number of aromatic nitrogens is 1. The molecule has 0 aliphatic heterocycles. The summed E-state index contributed by atoms with van der Waals surface area (Å²) in [4.78, 5) is 13.9. The SMILES string of the molecule is N#Cc1ccc(C=CCC=O)cn1. The maximum absolute atomic E-state index is 9.99. The van der Waals surface area contributed by atoms with E-state index in [9.17, 15) is 4.79 Å². The van der Waals surface area contributed by atoms with Crippen LogP contribution in [0.3, 0.4) is 0 Å². The second-order valence-electron chi connectivity index (χ2n) is 2.39. The minimum atomic E-state index is 0.396. The lowest BCUT2D eigenvalue weighted by Gasteiger charge is -1.90. The maximum atomic E-state index is 9.99. The number of hydrogen-bond donors (Lipinski definition) is 0. The second kappa shape index (κ2) is 4.83. The van der Waals surface area contributed by atoms with Gasteiger partial charge in [-0.15, -0.1) is 0 Å². The van der Waals surface area contributed by atoms with Gasteiger partial charge in [0.25, 0.3) is 0 Å². The van der Waals surface area contributed by atoms with E-state index in [4.69, 9.17) is 5.26 Å². The average molecular weight is 172 g/mol. The number of nitriles is 1. The van der Waals surface area contributed by atoms with Gasteiger partial charge < -0.3 is 4.79 Å². The number of nitrogens with zero attached hydrogens (tertiary/aromatic N) is 2. The summed E-state index contributed by atoms with van der Waals surface area (Å²) in [5, 5.41) is 8.47. The molecule has 0 aromatic carbocycles. The highest BCUT2D eigenvalue weighted by molar-refractivity contribution is 5.57. The second-order valence-corrected chi connectivity index (χ2v) is 2.39. The van der Waals surface area contributed by atoms with Crippen molar-refractivity contribution in [3.05, 3.63) is 35.7 Å². The molecular weight excluding hydrogens is 164 g/mol. The predicted octanol–water partition coefficient (Wildman–Crippen LogP) is 1.56. The Morgan fingerprint density at radius 3 is 2.92 bits per heavy atom. The summed E-state index contributed by atoms with van der Waals surface area (Å²) in [6.45, 7) is 0. The van der Waals surface area contributed by atoms with Crippen LogP contribution in [0.15, 0.2) is 24.4 Å². The Morgan fingerprint density at radius 1 is 1.54 bits per heavy atom. The number of rotatable bonds is 3. The molecule has 3 heteroatoms. The van der Waals surface area contributed by atoms with Crippen LogP contribution in [0.1, 0.15) is 17.7 Å². The Hall–Kier alpha value is -1.95. The van der Waals surface area contributed by atoms with E-state index >= 15 is 0 Å². The van der Waals surface area contributed by atoms with Crippen LogP contribution in [0.25, 0.3) is 6.08 Å². The molecule has 0 saturated heterocycles. The molecule has 0 bridgehead atoms. The molecule has 1 rings (SSSR count). The van der Waals surface area contributed by atoms with Crippen molar-refractivity contribution in [2.45, 2.75) is 6.42 Å². The summed E-state index contributed by atoms with van der Waals surface area (Å²) in [7, 11) is 0. The van der Waals surface area contributed by atoms with Gasteiger partial charge in [-0.3, -0.25) is 0 Å². The quantitative estimate of drug-likeness (QED) is 0.650. The zero-order valence-electron chi connectivity index (χ0n) is 6.97. The number of carbonyl (C=O) groups is 1. The average Bonchev–Trinajstić information content (AvgIpc) is 2.19. The molecule has 0 aliphatic rings. The lowest BCUT2D eigenvalue weighted by Crippen LogP contribution is -1.81. The summed E-state index contributed by atoms with van der Waals surface area (Å²) in [6.07, 6.45) is 6.37. The molecule has 1 aromatic heterocycles. The van der Waals surface area contributed by atoms with Gasteiger partial charge in [-0.05, 0) is 11.6 Å². The topological polar surface area (TPSA) is 53.8 Å². The van der Waals surface area contributed by atoms with Crippen LogP contribution in [0.5, 0.6) is 0 Å². The van der Waals surface area contributed by atoms with Gasteiger partial charge in [-0.25, -0.2) is 4.98 Å². The van der Waals surface area contributed by atoms with E-state index in [1.807, 2.05) is 6.07 Å². The van der Waals surface area contributed by atoms with Crippen molar-refractivity contribution in [2.75, 3.05) is 0 Å². The first-order valence-electron chi connectivity index (χ1n) is 3.83. The van der Waals surface area contributed by atoms with Gasteiger partial charge in [0.1, 0.15) is 18.0 Å². The Kier molecular flexibility index (Phi) is 3.40. The number of allylic oxidation sites excluding steroid dienone is 1. The first-order valence-corrected chi connectivity index (χ1v) is 3.83. The molecule has 0 unspecified atom stereocenters. The van der Waals surface area contributed by atoms with Crippen molar-refractivity contribution in [3.8, 4) is 6.07 Å². The molecule has 0 N–H and O–H groups in total. The minimum absolute atomic E-state index is 0.396. The summed E-state index contributed by atoms with van der Waals surface area (Å²) in [5.74, 6) is 0. The Balaban J connectivity index is 2.70. The largest absolute Gasteiger partial charge is 0.303 e. The van der Waals surface area contributed by atoms with Crippen molar-refractivity contribution in [1.82, 2.24) is 4.98 Å². The fourth-order valence-electron chi connectivity index (χ4n) is 0.830. The van der Waals surface area contributed by atoms with Gasteiger partial charge in [0.2, 0.25) is 0 Å². The van der Waals surface area contributed by atoms with Crippen molar-refractivity contribution < 1.29 is 4.79 Å². The maximum Gasteiger partial charge on any atom is 0.140 e. The molecule has 0 fully saturated rings. The molecule has 1 heterocycles. The molecule has 0 spiro atoms. The first-order chi connectivity index (χ1) is 6.36. The Labute approximate surface area is 76.3 Å². The first kappa shape index (κ1) is 9.14. The van der Waals surface area contributed by atoms with Crippen LogP contribution in [-0.4, -0.2) is 11.3 Å². The smallest absolute Gasteiger partial charge is 0.140 e. The zero-order valence-corrected chi connectivity index (χ0v) is 6.97. The summed E-state index contributed by atoms with van der Waals surface area (Å²) in [6, 6.07) is 5.35. The third-order valence-corrected chi connectivity index (χ3v) is 1.44. The molecule has 1 aromatic rings. The van der Waals surface area contributed by atoms with Crippen molar-refractivity contribution in [3.63, 3.8) is 0 Å². The van der Waals surface area contributed by atoms with Crippen LogP contribution in [0.4, 0.5) is 0 Å². The summed E-state index contributed by atoms with van der Waals surface area (Å²) in [5.41, 5.74) is 1.29. The summed E-state index contributed by atoms with van der Waals surface area (Å²) >= 11 is 0. The lowest BCUT2D eigenvalue weighted by atomic mass is 10.2. The Bertz CT molecular complexity index is 346. The van der Waals surface area contributed by atoms with Gasteiger partial charge in [0.15, 0.2) is 0 Å². The molecule has 64 valence electrons. The fourth-order valence-corrected chi connectivity index (χ4v) is 0.830. The van der Waals surface area contributed by atoms with Crippen LogP contribution in [0, 0.1) is 11.3 Å². The van der Waals surface area contributed by atoms with E-state index in [0.29, 0.717) is 12.1 Å². The normalized spacial score (nSPS) is 9.77. The molecule has 13 heavy (non-hydrogen) atoms. The summed E-state index contributed by atoms with van der Waals surface area (Å²) < 4.78 is 0. The van der Waals surface area contributed by atoms with Crippen LogP contribution in [0.2, 0.25) is 0 Å². The van der Waals surface area contributed by atoms with Gasteiger partial charge >= 0.3 is 0 Å². The van der Waals surface area contributed by atoms with E-state index < -0.39 is 0 Å². The number of aldehydes is 1. The van der Waals surface area contributed by atoms with Gasteiger partial charge in [-0.2, -0.15) is 5.26 Å². The highest BCUT2D eigenvalue weighted by Gasteiger charge is 1.89.